The van der Waals surface area contributed by atoms with Crippen LogP contribution in [-0.2, 0) is 4.74 Å². The Balaban J connectivity index is 1.40. The van der Waals surface area contributed by atoms with Gasteiger partial charge in [-0.1, -0.05) is 0 Å². The Hall–Kier alpha value is -3.34. The van der Waals surface area contributed by atoms with Gasteiger partial charge in [0.1, 0.15) is 21.6 Å². The summed E-state index contributed by atoms with van der Waals surface area (Å²) in [4.78, 5) is 40.3. The Morgan fingerprint density at radius 3 is 2.65 bits per heavy atom. The van der Waals surface area contributed by atoms with Gasteiger partial charge in [0.05, 0.1) is 5.69 Å². The van der Waals surface area contributed by atoms with E-state index in [0.717, 1.165) is 0 Å². The van der Waals surface area contributed by atoms with Crippen molar-refractivity contribution in [2.75, 3.05) is 13.1 Å². The van der Waals surface area contributed by atoms with Crippen molar-refractivity contribution in [2.45, 2.75) is 52.2 Å². The van der Waals surface area contributed by atoms with E-state index < -0.39 is 11.4 Å². The highest BCUT2D eigenvalue weighted by molar-refractivity contribution is 7.21. The van der Waals surface area contributed by atoms with Crippen LogP contribution in [0.1, 0.15) is 45.3 Å². The van der Waals surface area contributed by atoms with Crippen LogP contribution in [-0.4, -0.2) is 53.6 Å². The van der Waals surface area contributed by atoms with E-state index in [1.807, 2.05) is 20.8 Å². The zero-order valence-corrected chi connectivity index (χ0v) is 20.2. The molecular weight excluding hydrogens is 459 g/mol. The number of ether oxygens (including phenoxy) is 1. The van der Waals surface area contributed by atoms with Gasteiger partial charge in [-0.25, -0.2) is 24.1 Å². The second kappa shape index (κ2) is 8.15. The predicted octanol–water partition coefficient (Wildman–Crippen LogP) is 4.19. The summed E-state index contributed by atoms with van der Waals surface area (Å²) in [5.41, 5.74) is 1.14. The molecule has 34 heavy (non-hydrogen) atoms. The van der Waals surface area contributed by atoms with Crippen LogP contribution < -0.4 is 5.56 Å². The van der Waals surface area contributed by atoms with Gasteiger partial charge >= 0.3 is 6.09 Å². The van der Waals surface area contributed by atoms with E-state index in [4.69, 9.17) is 4.74 Å². The molecule has 0 saturated carbocycles. The number of rotatable bonds is 2. The number of pyridine rings is 1. The molecule has 4 aromatic heterocycles. The number of carbonyl (C=O) groups is 1. The third-order valence-electron chi connectivity index (χ3n) is 5.73. The maximum Gasteiger partial charge on any atom is 0.410 e. The molecule has 0 spiro atoms. The molecule has 1 amide bonds. The fourth-order valence-corrected chi connectivity index (χ4v) is 5.10. The minimum atomic E-state index is -0.548. The summed E-state index contributed by atoms with van der Waals surface area (Å²) in [6.45, 7) is 8.32. The van der Waals surface area contributed by atoms with Gasteiger partial charge < -0.3 is 14.0 Å². The van der Waals surface area contributed by atoms with Crippen LogP contribution in [0.4, 0.5) is 9.18 Å². The van der Waals surface area contributed by atoms with E-state index in [0.29, 0.717) is 52.5 Å². The fraction of sp³-hybridized carbons (Fsp3) is 0.435. The topological polar surface area (TPSA) is 94.6 Å². The van der Waals surface area contributed by atoms with Crippen LogP contribution in [0.25, 0.3) is 26.6 Å². The summed E-state index contributed by atoms with van der Waals surface area (Å²) in [5, 5.41) is 0.518. The zero-order chi connectivity index (χ0) is 24.2. The number of halogens is 1. The van der Waals surface area contributed by atoms with Crippen LogP contribution in [0.5, 0.6) is 0 Å². The molecule has 5 rings (SSSR count). The van der Waals surface area contributed by atoms with Gasteiger partial charge in [-0.2, -0.15) is 0 Å². The molecule has 178 valence electrons. The molecule has 0 atom stereocenters. The van der Waals surface area contributed by atoms with Crippen molar-refractivity contribution in [1.82, 2.24) is 28.8 Å². The average Bonchev–Trinajstić information content (AvgIpc) is 3.37. The lowest BCUT2D eigenvalue weighted by Crippen LogP contribution is -2.43. The number of aromatic nitrogens is 5. The predicted molar refractivity (Wildman–Crippen MR) is 127 cm³/mol. The first-order chi connectivity index (χ1) is 16.1. The summed E-state index contributed by atoms with van der Waals surface area (Å²) in [6, 6.07) is 1.31. The first-order valence-electron chi connectivity index (χ1n) is 11.1. The highest BCUT2D eigenvalue weighted by atomic mass is 32.1. The molecule has 1 aliphatic heterocycles. The Kier molecular flexibility index (Phi) is 5.38. The van der Waals surface area contributed by atoms with Gasteiger partial charge in [0.2, 0.25) is 0 Å². The molecule has 11 heteroatoms. The number of piperidine rings is 1. The lowest BCUT2D eigenvalue weighted by atomic mass is 10.1. The van der Waals surface area contributed by atoms with Crippen molar-refractivity contribution in [3.05, 3.63) is 46.7 Å². The van der Waals surface area contributed by atoms with Crippen molar-refractivity contribution in [1.29, 1.82) is 0 Å². The Labute approximate surface area is 198 Å². The summed E-state index contributed by atoms with van der Waals surface area (Å²) in [5.74, 6) is -0.452. The number of carbonyl (C=O) groups excluding carboxylic acids is 1. The van der Waals surface area contributed by atoms with E-state index in [-0.39, 0.29) is 23.3 Å². The van der Waals surface area contributed by atoms with Gasteiger partial charge in [0, 0.05) is 37.1 Å². The number of nitrogens with zero attached hydrogens (tertiary/aromatic N) is 6. The minimum Gasteiger partial charge on any atom is -0.444 e. The summed E-state index contributed by atoms with van der Waals surface area (Å²) in [7, 11) is 0. The number of thiazole rings is 1. The SMILES string of the molecule is Cc1cn2cc(-c3nc4ncn(C5CCN(C(=O)OC(C)(C)C)CC5)c(=O)c4s3)cc(F)c2n1. The molecule has 0 unspecified atom stereocenters. The van der Waals surface area contributed by atoms with E-state index in [1.165, 1.54) is 23.7 Å². The smallest absolute Gasteiger partial charge is 0.410 e. The Morgan fingerprint density at radius 1 is 1.21 bits per heavy atom. The normalized spacial score (nSPS) is 15.4. The summed E-state index contributed by atoms with van der Waals surface area (Å²) >= 11 is 1.20. The maximum atomic E-state index is 14.5. The number of fused-ring (bicyclic) bond motifs is 2. The third kappa shape index (κ3) is 4.15. The Morgan fingerprint density at radius 2 is 1.94 bits per heavy atom. The second-order valence-electron chi connectivity index (χ2n) is 9.52. The summed E-state index contributed by atoms with van der Waals surface area (Å²) < 4.78 is 23.7. The molecule has 0 aromatic carbocycles. The number of hydrogen-bond acceptors (Lipinski definition) is 7. The first-order valence-corrected chi connectivity index (χ1v) is 11.9. The molecule has 1 saturated heterocycles. The molecule has 0 radical (unpaired) electrons. The third-order valence-corrected chi connectivity index (χ3v) is 6.81. The zero-order valence-electron chi connectivity index (χ0n) is 19.4. The molecular formula is C23H25FN6O3S. The average molecular weight is 485 g/mol. The molecule has 0 N–H and O–H groups in total. The van der Waals surface area contributed by atoms with Crippen LogP contribution >= 0.6 is 11.3 Å². The van der Waals surface area contributed by atoms with Crippen molar-refractivity contribution in [3.63, 3.8) is 0 Å². The second-order valence-corrected chi connectivity index (χ2v) is 10.5. The highest BCUT2D eigenvalue weighted by Crippen LogP contribution is 2.30. The fourth-order valence-electron chi connectivity index (χ4n) is 4.16. The molecule has 1 fully saturated rings. The first kappa shape index (κ1) is 22.5. The number of amides is 1. The van der Waals surface area contributed by atoms with Gasteiger partial charge in [-0.05, 0) is 46.6 Å². The number of imidazole rings is 1. The van der Waals surface area contributed by atoms with Crippen molar-refractivity contribution in [2.24, 2.45) is 0 Å². The molecule has 0 aliphatic carbocycles. The molecule has 9 nitrogen and oxygen atoms in total. The molecule has 1 aliphatic rings. The van der Waals surface area contributed by atoms with E-state index in [1.54, 1.807) is 33.2 Å². The number of aryl methyl sites for hydroxylation is 1. The van der Waals surface area contributed by atoms with Crippen molar-refractivity contribution < 1.29 is 13.9 Å². The minimum absolute atomic E-state index is 0.0728. The number of hydrogen-bond donors (Lipinski definition) is 0. The van der Waals surface area contributed by atoms with E-state index in [2.05, 4.69) is 15.0 Å². The number of likely N-dealkylation sites (tertiary alicyclic amines) is 1. The molecule has 5 heterocycles. The van der Waals surface area contributed by atoms with Crippen LogP contribution in [0.2, 0.25) is 0 Å². The lowest BCUT2D eigenvalue weighted by Gasteiger charge is -2.33. The van der Waals surface area contributed by atoms with Crippen LogP contribution in [0.3, 0.4) is 0 Å². The van der Waals surface area contributed by atoms with Gasteiger partial charge in [-0.3, -0.25) is 9.36 Å². The quantitative estimate of drug-likeness (QED) is 0.424. The van der Waals surface area contributed by atoms with Crippen molar-refractivity contribution >= 4 is 33.4 Å². The van der Waals surface area contributed by atoms with Gasteiger partial charge in [0.25, 0.3) is 5.56 Å². The van der Waals surface area contributed by atoms with Crippen molar-refractivity contribution in [3.8, 4) is 10.6 Å². The monoisotopic (exact) mass is 484 g/mol. The molecule has 0 bridgehead atoms. The maximum absolute atomic E-state index is 14.5. The lowest BCUT2D eigenvalue weighted by molar-refractivity contribution is 0.0187. The van der Waals surface area contributed by atoms with Gasteiger partial charge in [-0.15, -0.1) is 11.3 Å². The Bertz CT molecular complexity index is 1460. The van der Waals surface area contributed by atoms with E-state index >= 15 is 0 Å². The summed E-state index contributed by atoms with van der Waals surface area (Å²) in [6.07, 6.45) is 5.92. The standard InChI is InChI=1S/C23H25FN6O3S/c1-13-10-29-11-14(9-16(24)19(29)26-13)20-27-18-17(34-20)21(31)30(12-25-18)15-5-7-28(8-6-15)22(32)33-23(2,3)4/h9-12,15H,5-8H2,1-4H3. The largest absolute Gasteiger partial charge is 0.444 e. The van der Waals surface area contributed by atoms with Crippen LogP contribution in [0.15, 0.2) is 29.6 Å². The van der Waals surface area contributed by atoms with Crippen LogP contribution in [0, 0.1) is 12.7 Å². The van der Waals surface area contributed by atoms with Gasteiger partial charge in [0.15, 0.2) is 17.1 Å². The molecule has 4 aromatic rings. The highest BCUT2D eigenvalue weighted by Gasteiger charge is 2.28. The van der Waals surface area contributed by atoms with E-state index in [9.17, 15) is 14.0 Å².